The maximum absolute atomic E-state index is 13.4. The number of sulfone groups is 1. The summed E-state index contributed by atoms with van der Waals surface area (Å²) in [6, 6.07) is 14.4. The van der Waals surface area contributed by atoms with Gasteiger partial charge in [-0.25, -0.2) is 13.4 Å². The number of nitrogens with zero attached hydrogens (tertiary/aromatic N) is 6. The lowest BCUT2D eigenvalue weighted by molar-refractivity contribution is 0.592. The summed E-state index contributed by atoms with van der Waals surface area (Å²) in [6.45, 7) is 7.53. The highest BCUT2D eigenvalue weighted by Crippen LogP contribution is 2.34. The third-order valence-corrected chi connectivity index (χ3v) is 9.60. The van der Waals surface area contributed by atoms with Crippen LogP contribution >= 0.6 is 22.9 Å². The molecule has 2 aromatic carbocycles. The van der Waals surface area contributed by atoms with Crippen LogP contribution in [0.1, 0.15) is 11.1 Å². The van der Waals surface area contributed by atoms with Crippen molar-refractivity contribution in [1.82, 2.24) is 19.8 Å². The van der Waals surface area contributed by atoms with Crippen LogP contribution in [0, 0.1) is 13.8 Å². The number of anilines is 2. The fraction of sp³-hybridized carbons (Fsp3) is 0.240. The fourth-order valence-electron chi connectivity index (χ4n) is 4.66. The minimum Gasteiger partial charge on any atom is -0.368 e. The number of hydrogen-bond acceptors (Lipinski definition) is 8. The summed E-state index contributed by atoms with van der Waals surface area (Å²) in [5.74, 6) is 0.767. The molecular formula is C25H23ClN6O2S2. The average molecular weight is 539 g/mol. The minimum atomic E-state index is -3.93. The molecule has 184 valence electrons. The number of hydrogen-bond donors (Lipinski definition) is 0. The van der Waals surface area contributed by atoms with E-state index in [0.717, 1.165) is 42.2 Å². The number of halogens is 1. The zero-order valence-corrected chi connectivity index (χ0v) is 22.1. The van der Waals surface area contributed by atoms with Gasteiger partial charge in [-0.15, -0.1) is 16.4 Å². The molecule has 11 heteroatoms. The van der Waals surface area contributed by atoms with Gasteiger partial charge in [0.1, 0.15) is 0 Å². The number of aromatic nitrogens is 4. The summed E-state index contributed by atoms with van der Waals surface area (Å²) in [7, 11) is -3.93. The summed E-state index contributed by atoms with van der Waals surface area (Å²) in [4.78, 5) is 9.58. The summed E-state index contributed by atoms with van der Waals surface area (Å²) in [5.41, 5.74) is 4.86. The quantitative estimate of drug-likeness (QED) is 0.326. The Morgan fingerprint density at radius 2 is 1.67 bits per heavy atom. The Morgan fingerprint density at radius 3 is 2.42 bits per heavy atom. The van der Waals surface area contributed by atoms with Crippen molar-refractivity contribution in [2.45, 2.75) is 23.8 Å². The zero-order chi connectivity index (χ0) is 25.0. The SMILES string of the molecule is Cc1cccc(N2CCN(c3nc4c(S(=O)(=O)c5ccc(Cl)cc5)nnn4c4ccsc34)CC2)c1C. The molecule has 1 aliphatic heterocycles. The van der Waals surface area contributed by atoms with E-state index in [2.05, 4.69) is 52.2 Å². The van der Waals surface area contributed by atoms with Crippen molar-refractivity contribution in [3.8, 4) is 0 Å². The standard InChI is InChI=1S/C25H23ClN6O2S2/c1-16-4-3-5-20(17(16)2)30-11-13-31(14-12-30)23-22-21(10-15-35-22)32-24(27-23)25(28-29-32)36(33,34)19-8-6-18(26)7-9-19/h3-10,15H,11-14H2,1-2H3. The third-order valence-electron chi connectivity index (χ3n) is 6.78. The van der Waals surface area contributed by atoms with Gasteiger partial charge in [0.15, 0.2) is 11.5 Å². The number of fused-ring (bicyclic) bond motifs is 3. The van der Waals surface area contributed by atoms with Gasteiger partial charge < -0.3 is 9.80 Å². The molecule has 0 unspecified atom stereocenters. The highest BCUT2D eigenvalue weighted by molar-refractivity contribution is 7.91. The maximum Gasteiger partial charge on any atom is 0.229 e. The molecule has 5 aromatic rings. The molecule has 3 aromatic heterocycles. The number of rotatable bonds is 4. The molecule has 1 aliphatic rings. The van der Waals surface area contributed by atoms with Crippen molar-refractivity contribution in [1.29, 1.82) is 0 Å². The fourth-order valence-corrected chi connectivity index (χ4v) is 6.91. The molecule has 0 saturated carbocycles. The molecule has 0 bridgehead atoms. The van der Waals surface area contributed by atoms with Gasteiger partial charge in [0, 0.05) is 36.9 Å². The third kappa shape index (κ3) is 3.71. The lowest BCUT2D eigenvalue weighted by Gasteiger charge is -2.37. The van der Waals surface area contributed by atoms with Crippen molar-refractivity contribution in [3.63, 3.8) is 0 Å². The lowest BCUT2D eigenvalue weighted by Crippen LogP contribution is -2.47. The van der Waals surface area contributed by atoms with E-state index in [9.17, 15) is 8.42 Å². The van der Waals surface area contributed by atoms with Crippen molar-refractivity contribution in [2.24, 2.45) is 0 Å². The first-order valence-corrected chi connectivity index (χ1v) is 14.3. The van der Waals surface area contributed by atoms with Gasteiger partial charge >= 0.3 is 0 Å². The van der Waals surface area contributed by atoms with Gasteiger partial charge in [-0.05, 0) is 66.8 Å². The van der Waals surface area contributed by atoms with E-state index in [1.807, 2.05) is 11.4 Å². The van der Waals surface area contributed by atoms with Gasteiger partial charge in [0.2, 0.25) is 14.9 Å². The number of thiophene rings is 1. The van der Waals surface area contributed by atoms with Crippen LogP contribution in [0.4, 0.5) is 11.5 Å². The largest absolute Gasteiger partial charge is 0.368 e. The molecule has 8 nitrogen and oxygen atoms in total. The first-order chi connectivity index (χ1) is 17.3. The van der Waals surface area contributed by atoms with Crippen LogP contribution in [0.5, 0.6) is 0 Å². The van der Waals surface area contributed by atoms with Crippen LogP contribution in [0.3, 0.4) is 0 Å². The van der Waals surface area contributed by atoms with Gasteiger partial charge in [0.25, 0.3) is 0 Å². The average Bonchev–Trinajstić information content (AvgIpc) is 3.53. The van der Waals surface area contributed by atoms with Crippen molar-refractivity contribution in [2.75, 3.05) is 36.0 Å². The van der Waals surface area contributed by atoms with E-state index >= 15 is 0 Å². The van der Waals surface area contributed by atoms with Gasteiger partial charge in [-0.1, -0.05) is 28.9 Å². The van der Waals surface area contributed by atoms with Crippen LogP contribution in [-0.4, -0.2) is 54.4 Å². The van der Waals surface area contributed by atoms with E-state index in [4.69, 9.17) is 16.6 Å². The number of benzene rings is 2. The van der Waals surface area contributed by atoms with Crippen molar-refractivity contribution >= 4 is 60.1 Å². The van der Waals surface area contributed by atoms with Crippen LogP contribution in [-0.2, 0) is 9.84 Å². The molecule has 0 aliphatic carbocycles. The van der Waals surface area contributed by atoms with E-state index < -0.39 is 9.84 Å². The molecule has 0 radical (unpaired) electrons. The predicted octanol–water partition coefficient (Wildman–Crippen LogP) is 4.77. The number of piperazine rings is 1. The number of aryl methyl sites for hydroxylation is 1. The second-order valence-corrected chi connectivity index (χ2v) is 12.1. The normalized spacial score (nSPS) is 14.8. The second-order valence-electron chi connectivity index (χ2n) is 8.85. The van der Waals surface area contributed by atoms with Crippen LogP contribution in [0.2, 0.25) is 5.02 Å². The van der Waals surface area contributed by atoms with Gasteiger partial charge in [-0.3, -0.25) is 0 Å². The molecule has 0 atom stereocenters. The zero-order valence-electron chi connectivity index (χ0n) is 19.7. The molecular weight excluding hydrogens is 516 g/mol. The predicted molar refractivity (Wildman–Crippen MR) is 143 cm³/mol. The molecule has 6 rings (SSSR count). The Kier molecular flexibility index (Phi) is 5.62. The monoisotopic (exact) mass is 538 g/mol. The van der Waals surface area contributed by atoms with E-state index in [-0.39, 0.29) is 15.6 Å². The first-order valence-electron chi connectivity index (χ1n) is 11.5. The molecule has 1 fully saturated rings. The summed E-state index contributed by atoms with van der Waals surface area (Å²) in [6.07, 6.45) is 0. The topological polar surface area (TPSA) is 83.7 Å². The Balaban J connectivity index is 1.39. The highest BCUT2D eigenvalue weighted by atomic mass is 35.5. The van der Waals surface area contributed by atoms with Crippen molar-refractivity contribution in [3.05, 3.63) is 70.1 Å². The smallest absolute Gasteiger partial charge is 0.229 e. The van der Waals surface area contributed by atoms with E-state index in [0.29, 0.717) is 5.02 Å². The highest BCUT2D eigenvalue weighted by Gasteiger charge is 2.29. The second kappa shape index (κ2) is 8.72. The van der Waals surface area contributed by atoms with Crippen molar-refractivity contribution < 1.29 is 8.42 Å². The molecule has 4 heterocycles. The molecule has 36 heavy (non-hydrogen) atoms. The van der Waals surface area contributed by atoms with Crippen LogP contribution in [0.15, 0.2) is 63.8 Å². The summed E-state index contributed by atoms with van der Waals surface area (Å²) >= 11 is 7.53. The summed E-state index contributed by atoms with van der Waals surface area (Å²) in [5, 5.41) is 10.5. The Morgan fingerprint density at radius 1 is 0.944 bits per heavy atom. The van der Waals surface area contributed by atoms with E-state index in [1.54, 1.807) is 23.5 Å². The summed E-state index contributed by atoms with van der Waals surface area (Å²) < 4.78 is 29.3. The van der Waals surface area contributed by atoms with Crippen LogP contribution < -0.4 is 9.80 Å². The van der Waals surface area contributed by atoms with Gasteiger partial charge in [-0.2, -0.15) is 4.52 Å². The molecule has 1 saturated heterocycles. The Hall–Kier alpha value is -3.21. The maximum atomic E-state index is 13.4. The van der Waals surface area contributed by atoms with Gasteiger partial charge in [0.05, 0.1) is 15.1 Å². The minimum absolute atomic E-state index is 0.102. The molecule has 0 N–H and O–H groups in total. The lowest BCUT2D eigenvalue weighted by atomic mass is 10.1. The molecule has 0 amide bonds. The van der Waals surface area contributed by atoms with E-state index in [1.165, 1.54) is 33.5 Å². The first kappa shape index (κ1) is 23.2. The Bertz CT molecular complexity index is 1700. The Labute approximate surface area is 217 Å². The molecule has 0 spiro atoms. The van der Waals surface area contributed by atoms with Crippen LogP contribution in [0.25, 0.3) is 15.9 Å².